The number of phenolic OH excluding ortho intramolecular Hbond substituents is 1. The van der Waals surface area contributed by atoms with Gasteiger partial charge in [-0.2, -0.15) is 9.97 Å². The van der Waals surface area contributed by atoms with Crippen molar-refractivity contribution in [3.05, 3.63) is 47.7 Å². The number of alkyl halides is 1. The van der Waals surface area contributed by atoms with E-state index in [9.17, 15) is 13.9 Å². The SMILES string of the molecule is C#Cc1c(F)ccc2cc(O)cc(-c3ncc4c(N5CCCC[C@H]6C[C@H]65)nc(OC[C@@]56CCCN5C[C@H](F)C6)nc4c3F)c12. The minimum absolute atomic E-state index is 0.0159. The molecule has 10 heteroatoms. The van der Waals surface area contributed by atoms with Gasteiger partial charge in [0.1, 0.15) is 41.4 Å². The number of benzene rings is 2. The van der Waals surface area contributed by atoms with Gasteiger partial charge in [-0.3, -0.25) is 9.88 Å². The van der Waals surface area contributed by atoms with E-state index in [0.717, 1.165) is 51.6 Å². The third-order valence-corrected chi connectivity index (χ3v) is 10.1. The number of aromatic nitrogens is 3. The second-order valence-corrected chi connectivity index (χ2v) is 12.8. The maximum absolute atomic E-state index is 16.8. The van der Waals surface area contributed by atoms with Crippen LogP contribution in [0.5, 0.6) is 11.8 Å². The van der Waals surface area contributed by atoms with Crippen LogP contribution >= 0.6 is 0 Å². The van der Waals surface area contributed by atoms with Gasteiger partial charge in [-0.05, 0) is 68.2 Å². The lowest BCUT2D eigenvalue weighted by Gasteiger charge is -2.31. The Morgan fingerprint density at radius 1 is 1.14 bits per heavy atom. The third-order valence-electron chi connectivity index (χ3n) is 10.1. The molecule has 4 fully saturated rings. The predicted octanol–water partition coefficient (Wildman–Crippen LogP) is 6.14. The molecule has 2 aromatic carbocycles. The van der Waals surface area contributed by atoms with Crippen LogP contribution in [0.3, 0.4) is 0 Å². The number of hydrogen-bond donors (Lipinski definition) is 1. The minimum Gasteiger partial charge on any atom is -0.508 e. The van der Waals surface area contributed by atoms with Crippen LogP contribution in [0.15, 0.2) is 30.5 Å². The highest BCUT2D eigenvalue weighted by Gasteiger charge is 2.49. The lowest BCUT2D eigenvalue weighted by Crippen LogP contribution is -2.43. The van der Waals surface area contributed by atoms with Crippen LogP contribution in [-0.4, -0.2) is 69.0 Å². The quantitative estimate of drug-likeness (QED) is 0.276. The van der Waals surface area contributed by atoms with Crippen LogP contribution in [0, 0.1) is 29.9 Å². The number of rotatable bonds is 5. The fourth-order valence-corrected chi connectivity index (χ4v) is 7.93. The largest absolute Gasteiger partial charge is 0.508 e. The molecule has 4 atom stereocenters. The Balaban J connectivity index is 1.28. The van der Waals surface area contributed by atoms with Crippen LogP contribution in [0.1, 0.15) is 50.5 Å². The molecular weight excluding hydrogens is 567 g/mol. The lowest BCUT2D eigenvalue weighted by atomic mass is 9.95. The third kappa shape index (κ3) is 4.35. The van der Waals surface area contributed by atoms with E-state index < -0.39 is 23.3 Å². The molecular formula is C34H32F3N5O2. The molecule has 0 amide bonds. The fraction of sp³-hybridized carbons (Fsp3) is 0.441. The Kier molecular flexibility index (Phi) is 6.38. The van der Waals surface area contributed by atoms with Crippen LogP contribution in [-0.2, 0) is 0 Å². The smallest absolute Gasteiger partial charge is 0.319 e. The van der Waals surface area contributed by atoms with E-state index in [-0.39, 0.29) is 46.1 Å². The van der Waals surface area contributed by atoms with Crippen molar-refractivity contribution >= 4 is 27.5 Å². The Morgan fingerprint density at radius 2 is 2.02 bits per heavy atom. The Morgan fingerprint density at radius 3 is 2.89 bits per heavy atom. The molecule has 0 radical (unpaired) electrons. The molecule has 1 aliphatic carbocycles. The van der Waals surface area contributed by atoms with E-state index in [4.69, 9.17) is 16.1 Å². The molecule has 5 heterocycles. The summed E-state index contributed by atoms with van der Waals surface area (Å²) in [6.07, 6.45) is 12.8. The van der Waals surface area contributed by atoms with Crippen molar-refractivity contribution in [2.45, 2.75) is 62.7 Å². The van der Waals surface area contributed by atoms with Gasteiger partial charge in [0.15, 0.2) is 5.82 Å². The average molecular weight is 600 g/mol. The van der Waals surface area contributed by atoms with Crippen molar-refractivity contribution < 1.29 is 23.0 Å². The second-order valence-electron chi connectivity index (χ2n) is 12.8. The fourth-order valence-electron chi connectivity index (χ4n) is 7.93. The molecule has 1 saturated carbocycles. The minimum atomic E-state index is -0.906. The number of halogens is 3. The molecule has 4 aliphatic rings. The van der Waals surface area contributed by atoms with Crippen LogP contribution in [0.2, 0.25) is 0 Å². The standard InChI is InChI=1S/C34H32F3N5O2/c1-2-23-26(36)8-7-20-12-22(43)14-24(28(20)23)30-29(37)31-25(16-38-30)32(42-11-4-3-6-19-13-27(19)42)40-33(39-31)44-18-34-9-5-10-41(34)17-21(35)15-34/h1,7-8,12,14,16,19,21,27,43H,3-6,9-11,13,15,17-18H2/t19-,21+,27+,34-/m0/s1. The number of pyridine rings is 1. The second kappa shape index (κ2) is 10.2. The van der Waals surface area contributed by atoms with Crippen molar-refractivity contribution in [1.29, 1.82) is 0 Å². The van der Waals surface area contributed by atoms with E-state index in [1.165, 1.54) is 24.3 Å². The van der Waals surface area contributed by atoms with Gasteiger partial charge in [-0.1, -0.05) is 18.4 Å². The molecule has 8 rings (SSSR count). The zero-order valence-electron chi connectivity index (χ0n) is 24.2. The van der Waals surface area contributed by atoms with Gasteiger partial charge in [-0.25, -0.2) is 13.2 Å². The van der Waals surface area contributed by atoms with Gasteiger partial charge < -0.3 is 14.7 Å². The lowest BCUT2D eigenvalue weighted by molar-refractivity contribution is 0.107. The number of hydrogen-bond acceptors (Lipinski definition) is 7. The average Bonchev–Trinajstić information content (AvgIpc) is 3.62. The van der Waals surface area contributed by atoms with E-state index in [1.54, 1.807) is 6.20 Å². The van der Waals surface area contributed by atoms with Gasteiger partial charge in [0.05, 0.1) is 16.5 Å². The van der Waals surface area contributed by atoms with Crippen LogP contribution in [0.25, 0.3) is 32.9 Å². The monoisotopic (exact) mass is 599 g/mol. The number of aromatic hydroxyl groups is 1. The molecule has 4 aromatic rings. The van der Waals surface area contributed by atoms with E-state index >= 15 is 4.39 Å². The molecule has 0 bridgehead atoms. The molecule has 3 aliphatic heterocycles. The van der Waals surface area contributed by atoms with E-state index in [0.29, 0.717) is 41.5 Å². The van der Waals surface area contributed by atoms with Crippen LogP contribution < -0.4 is 9.64 Å². The topological polar surface area (TPSA) is 74.6 Å². The summed E-state index contributed by atoms with van der Waals surface area (Å²) in [6.45, 7) is 2.21. The zero-order chi connectivity index (χ0) is 30.2. The number of phenols is 1. The zero-order valence-corrected chi connectivity index (χ0v) is 24.2. The Labute approximate surface area is 253 Å². The highest BCUT2D eigenvalue weighted by atomic mass is 19.1. The van der Waals surface area contributed by atoms with Crippen molar-refractivity contribution in [2.75, 3.05) is 31.1 Å². The number of nitrogens with zero attached hydrogens (tertiary/aromatic N) is 5. The highest BCUT2D eigenvalue weighted by Crippen LogP contribution is 2.46. The van der Waals surface area contributed by atoms with Crippen molar-refractivity contribution in [1.82, 2.24) is 19.9 Å². The summed E-state index contributed by atoms with van der Waals surface area (Å²) in [6, 6.07) is 5.84. The molecule has 7 nitrogen and oxygen atoms in total. The van der Waals surface area contributed by atoms with Crippen molar-refractivity contribution in [3.8, 4) is 35.4 Å². The Hall–Kier alpha value is -4.10. The van der Waals surface area contributed by atoms with Crippen LogP contribution in [0.4, 0.5) is 19.0 Å². The first kappa shape index (κ1) is 27.4. The molecule has 1 N–H and O–H groups in total. The van der Waals surface area contributed by atoms with E-state index in [2.05, 4.69) is 25.7 Å². The number of ether oxygens (including phenoxy) is 1. The Bertz CT molecular complexity index is 1860. The number of fused-ring (bicyclic) bond motifs is 4. The summed E-state index contributed by atoms with van der Waals surface area (Å²) < 4.78 is 52.2. The van der Waals surface area contributed by atoms with Crippen molar-refractivity contribution in [3.63, 3.8) is 0 Å². The normalized spacial score (nSPS) is 26.4. The molecule has 3 saturated heterocycles. The summed E-state index contributed by atoms with van der Waals surface area (Å²) in [7, 11) is 0. The molecule has 2 aromatic heterocycles. The summed E-state index contributed by atoms with van der Waals surface area (Å²) in [5.41, 5.74) is -0.402. The molecule has 44 heavy (non-hydrogen) atoms. The number of anilines is 1. The van der Waals surface area contributed by atoms with Gasteiger partial charge in [0.2, 0.25) is 0 Å². The first-order valence-corrected chi connectivity index (χ1v) is 15.4. The summed E-state index contributed by atoms with van der Waals surface area (Å²) >= 11 is 0. The number of terminal acetylenes is 1. The van der Waals surface area contributed by atoms with E-state index in [1.807, 2.05) is 0 Å². The summed E-state index contributed by atoms with van der Waals surface area (Å²) in [5.74, 6) is 2.01. The summed E-state index contributed by atoms with van der Waals surface area (Å²) in [4.78, 5) is 18.3. The summed E-state index contributed by atoms with van der Waals surface area (Å²) in [5, 5.41) is 11.7. The van der Waals surface area contributed by atoms with Gasteiger partial charge in [0.25, 0.3) is 0 Å². The van der Waals surface area contributed by atoms with Gasteiger partial charge >= 0.3 is 6.01 Å². The molecule has 226 valence electrons. The molecule has 0 spiro atoms. The van der Waals surface area contributed by atoms with Crippen molar-refractivity contribution in [2.24, 2.45) is 5.92 Å². The first-order valence-electron chi connectivity index (χ1n) is 15.4. The maximum atomic E-state index is 16.8. The highest BCUT2D eigenvalue weighted by molar-refractivity contribution is 6.03. The molecule has 0 unspecified atom stereocenters. The predicted molar refractivity (Wildman–Crippen MR) is 161 cm³/mol. The van der Waals surface area contributed by atoms with Gasteiger partial charge in [0, 0.05) is 42.7 Å². The maximum Gasteiger partial charge on any atom is 0.319 e. The first-order chi connectivity index (χ1) is 21.3. The van der Waals surface area contributed by atoms with Gasteiger partial charge in [-0.15, -0.1) is 6.42 Å².